The van der Waals surface area contributed by atoms with Crippen molar-refractivity contribution >= 4 is 5.91 Å². The molecule has 1 fully saturated rings. The van der Waals surface area contributed by atoms with Gasteiger partial charge < -0.3 is 9.64 Å². The van der Waals surface area contributed by atoms with Crippen molar-refractivity contribution in [1.82, 2.24) is 14.7 Å². The van der Waals surface area contributed by atoms with Crippen LogP contribution in [0.5, 0.6) is 5.75 Å². The van der Waals surface area contributed by atoms with Crippen LogP contribution < -0.4 is 4.74 Å². The van der Waals surface area contributed by atoms with Crippen molar-refractivity contribution in [2.75, 3.05) is 7.11 Å². The number of carbonyl (C=O) groups is 1. The largest absolute Gasteiger partial charge is 0.497 e. The second-order valence-electron chi connectivity index (χ2n) is 7.45. The Morgan fingerprint density at radius 1 is 1.19 bits per heavy atom. The van der Waals surface area contributed by atoms with Crippen LogP contribution in [0.25, 0.3) is 0 Å². The molecule has 0 atom stereocenters. The maximum absolute atomic E-state index is 13.3. The van der Waals surface area contributed by atoms with Gasteiger partial charge in [0.2, 0.25) is 0 Å². The van der Waals surface area contributed by atoms with Crippen molar-refractivity contribution in [1.29, 1.82) is 0 Å². The summed E-state index contributed by atoms with van der Waals surface area (Å²) in [6, 6.07) is 7.78. The minimum Gasteiger partial charge on any atom is -0.497 e. The molecular formula is C21H27N3O2. The number of hydrogen-bond acceptors (Lipinski definition) is 3. The van der Waals surface area contributed by atoms with E-state index >= 15 is 0 Å². The Kier molecular flexibility index (Phi) is 4.70. The highest BCUT2D eigenvalue weighted by Crippen LogP contribution is 2.30. The fraction of sp³-hybridized carbons (Fsp3) is 0.524. The van der Waals surface area contributed by atoms with E-state index in [2.05, 4.69) is 4.90 Å². The van der Waals surface area contributed by atoms with Crippen LogP contribution in [-0.4, -0.2) is 33.7 Å². The zero-order chi connectivity index (χ0) is 18.1. The van der Waals surface area contributed by atoms with Gasteiger partial charge in [-0.15, -0.1) is 0 Å². The first-order valence-electron chi connectivity index (χ1n) is 9.66. The van der Waals surface area contributed by atoms with E-state index in [4.69, 9.17) is 9.84 Å². The molecule has 1 aromatic heterocycles. The molecule has 0 aliphatic heterocycles. The van der Waals surface area contributed by atoms with Gasteiger partial charge in [0.05, 0.1) is 19.3 Å². The highest BCUT2D eigenvalue weighted by molar-refractivity contribution is 5.94. The number of nitrogens with zero attached hydrogens (tertiary/aromatic N) is 3. The van der Waals surface area contributed by atoms with E-state index in [9.17, 15) is 4.79 Å². The molecule has 0 saturated heterocycles. The summed E-state index contributed by atoms with van der Waals surface area (Å²) in [5.74, 6) is 0.883. The number of aryl methyl sites for hydroxylation is 1. The smallest absolute Gasteiger partial charge is 0.254 e. The van der Waals surface area contributed by atoms with Gasteiger partial charge in [0, 0.05) is 24.3 Å². The molecule has 5 nitrogen and oxygen atoms in total. The van der Waals surface area contributed by atoms with Crippen LogP contribution in [0, 0.1) is 0 Å². The molecule has 0 spiro atoms. The number of ether oxygens (including phenoxy) is 1. The third-order valence-electron chi connectivity index (χ3n) is 5.88. The second-order valence-corrected chi connectivity index (χ2v) is 7.45. The minimum absolute atomic E-state index is 0.108. The number of rotatable bonds is 5. The van der Waals surface area contributed by atoms with Gasteiger partial charge in [-0.3, -0.25) is 9.48 Å². The molecule has 26 heavy (non-hydrogen) atoms. The summed E-state index contributed by atoms with van der Waals surface area (Å²) in [4.78, 5) is 15.4. The van der Waals surface area contributed by atoms with Gasteiger partial charge in [0.15, 0.2) is 0 Å². The van der Waals surface area contributed by atoms with E-state index in [-0.39, 0.29) is 5.91 Å². The van der Waals surface area contributed by atoms with Crippen LogP contribution in [-0.2, 0) is 26.4 Å². The average molecular weight is 353 g/mol. The molecule has 1 aromatic carbocycles. The highest BCUT2D eigenvalue weighted by Gasteiger charge is 2.30. The molecule has 4 rings (SSSR count). The van der Waals surface area contributed by atoms with Crippen molar-refractivity contribution in [3.63, 3.8) is 0 Å². The SMILES string of the molecule is COc1ccc(C(=O)N(Cc2nn(C)c3c2CCC3)C2CCCC2)cc1. The lowest BCUT2D eigenvalue weighted by Crippen LogP contribution is -2.38. The number of amides is 1. The number of hydrogen-bond donors (Lipinski definition) is 0. The molecule has 0 bridgehead atoms. The van der Waals surface area contributed by atoms with Gasteiger partial charge in [-0.1, -0.05) is 12.8 Å². The Morgan fingerprint density at radius 3 is 2.62 bits per heavy atom. The minimum atomic E-state index is 0.108. The first-order chi connectivity index (χ1) is 12.7. The maximum Gasteiger partial charge on any atom is 0.254 e. The molecule has 0 N–H and O–H groups in total. The molecule has 5 heteroatoms. The Morgan fingerprint density at radius 2 is 1.92 bits per heavy atom. The van der Waals surface area contributed by atoms with Crippen LogP contribution in [0.2, 0.25) is 0 Å². The Bertz CT molecular complexity index is 788. The zero-order valence-corrected chi connectivity index (χ0v) is 15.7. The summed E-state index contributed by atoms with van der Waals surface area (Å²) in [7, 11) is 3.67. The van der Waals surface area contributed by atoms with Gasteiger partial charge >= 0.3 is 0 Å². The quantitative estimate of drug-likeness (QED) is 0.826. The number of benzene rings is 1. The lowest BCUT2D eigenvalue weighted by Gasteiger charge is -2.29. The Labute approximate surface area is 154 Å². The predicted octanol–water partition coefficient (Wildman–Crippen LogP) is 3.50. The lowest BCUT2D eigenvalue weighted by atomic mass is 10.1. The molecule has 0 unspecified atom stereocenters. The van der Waals surface area contributed by atoms with Gasteiger partial charge in [-0.25, -0.2) is 0 Å². The molecule has 1 saturated carbocycles. The highest BCUT2D eigenvalue weighted by atomic mass is 16.5. The van der Waals surface area contributed by atoms with Crippen LogP contribution in [0.4, 0.5) is 0 Å². The zero-order valence-electron chi connectivity index (χ0n) is 15.7. The van der Waals surface area contributed by atoms with Crippen molar-refractivity contribution in [2.45, 2.75) is 57.5 Å². The molecule has 2 aliphatic carbocycles. The molecular weight excluding hydrogens is 326 g/mol. The molecule has 2 aromatic rings. The molecule has 2 aliphatic rings. The van der Waals surface area contributed by atoms with E-state index in [0.29, 0.717) is 12.6 Å². The Hall–Kier alpha value is -2.30. The number of aromatic nitrogens is 2. The van der Waals surface area contributed by atoms with Crippen molar-refractivity contribution in [3.05, 3.63) is 46.8 Å². The number of fused-ring (bicyclic) bond motifs is 1. The van der Waals surface area contributed by atoms with Gasteiger partial charge in [-0.2, -0.15) is 5.10 Å². The number of methoxy groups -OCH3 is 1. The van der Waals surface area contributed by atoms with Crippen molar-refractivity contribution in [2.24, 2.45) is 7.05 Å². The van der Waals surface area contributed by atoms with E-state index in [1.165, 1.54) is 30.5 Å². The number of carbonyl (C=O) groups excluding carboxylic acids is 1. The summed E-state index contributed by atoms with van der Waals surface area (Å²) in [6.07, 6.45) is 7.99. The molecule has 0 radical (unpaired) electrons. The maximum atomic E-state index is 13.3. The van der Waals surface area contributed by atoms with Gasteiger partial charge in [-0.05, 0) is 61.9 Å². The van der Waals surface area contributed by atoms with Gasteiger partial charge in [0.25, 0.3) is 5.91 Å². The van der Waals surface area contributed by atoms with Gasteiger partial charge in [0.1, 0.15) is 5.75 Å². The molecule has 1 heterocycles. The van der Waals surface area contributed by atoms with Crippen LogP contribution in [0.3, 0.4) is 0 Å². The fourth-order valence-corrected chi connectivity index (χ4v) is 4.47. The standard InChI is InChI=1S/C21H27N3O2/c1-23-20-9-5-8-18(20)19(22-23)14-24(16-6-3-4-7-16)21(25)15-10-12-17(26-2)13-11-15/h10-13,16H,3-9,14H2,1-2H3. The summed E-state index contributed by atoms with van der Waals surface area (Å²) in [5.41, 5.74) is 4.54. The third kappa shape index (κ3) is 3.11. The van der Waals surface area contributed by atoms with Crippen molar-refractivity contribution in [3.8, 4) is 5.75 Å². The van der Waals surface area contributed by atoms with E-state index in [1.54, 1.807) is 7.11 Å². The topological polar surface area (TPSA) is 47.4 Å². The second kappa shape index (κ2) is 7.14. The molecule has 1 amide bonds. The van der Waals surface area contributed by atoms with E-state index in [1.807, 2.05) is 36.0 Å². The lowest BCUT2D eigenvalue weighted by molar-refractivity contribution is 0.0661. The summed E-state index contributed by atoms with van der Waals surface area (Å²) < 4.78 is 7.24. The first-order valence-corrected chi connectivity index (χ1v) is 9.66. The van der Waals surface area contributed by atoms with Crippen LogP contribution in [0.15, 0.2) is 24.3 Å². The first kappa shape index (κ1) is 17.1. The third-order valence-corrected chi connectivity index (χ3v) is 5.88. The van der Waals surface area contributed by atoms with Crippen molar-refractivity contribution < 1.29 is 9.53 Å². The molecule has 138 valence electrons. The fourth-order valence-electron chi connectivity index (χ4n) is 4.47. The monoisotopic (exact) mass is 353 g/mol. The van der Waals surface area contributed by atoms with E-state index in [0.717, 1.165) is 42.7 Å². The Balaban J connectivity index is 1.62. The summed E-state index contributed by atoms with van der Waals surface area (Å²) >= 11 is 0. The van der Waals surface area contributed by atoms with E-state index < -0.39 is 0 Å². The average Bonchev–Trinajstić information content (AvgIpc) is 3.40. The van der Waals surface area contributed by atoms with Crippen LogP contribution in [0.1, 0.15) is 59.4 Å². The normalized spacial score (nSPS) is 16.7. The van der Waals surface area contributed by atoms with Crippen LogP contribution >= 0.6 is 0 Å². The predicted molar refractivity (Wildman–Crippen MR) is 100 cm³/mol. The summed E-state index contributed by atoms with van der Waals surface area (Å²) in [5, 5.41) is 4.75. The summed E-state index contributed by atoms with van der Waals surface area (Å²) in [6.45, 7) is 0.624.